The lowest BCUT2D eigenvalue weighted by atomic mass is 9.94. The summed E-state index contributed by atoms with van der Waals surface area (Å²) in [7, 11) is 5.34. The van der Waals surface area contributed by atoms with Crippen molar-refractivity contribution in [2.45, 2.75) is 13.0 Å². The summed E-state index contributed by atoms with van der Waals surface area (Å²) >= 11 is 11.3. The highest BCUT2D eigenvalue weighted by Gasteiger charge is 2.33. The van der Waals surface area contributed by atoms with Crippen LogP contribution in [0, 0.1) is 0 Å². The molecule has 1 atom stereocenters. The van der Waals surface area contributed by atoms with Crippen molar-refractivity contribution in [1.82, 2.24) is 15.1 Å². The maximum Gasteiger partial charge on any atom is 0.253 e. The number of amides is 1. The van der Waals surface area contributed by atoms with Gasteiger partial charge < -0.3 is 15.1 Å². The zero-order valence-corrected chi connectivity index (χ0v) is 14.0. The Kier molecular flexibility index (Phi) is 4.54. The van der Waals surface area contributed by atoms with Gasteiger partial charge in [-0.1, -0.05) is 23.7 Å². The topological polar surface area (TPSA) is 35.6 Å². The van der Waals surface area contributed by atoms with Gasteiger partial charge in [0.1, 0.15) is 0 Å². The van der Waals surface area contributed by atoms with E-state index in [2.05, 4.69) is 5.32 Å². The molecule has 0 aromatic heterocycles. The van der Waals surface area contributed by atoms with Gasteiger partial charge in [0.2, 0.25) is 0 Å². The minimum Gasteiger partial charge on any atom is -0.351 e. The van der Waals surface area contributed by atoms with Crippen molar-refractivity contribution >= 4 is 34.8 Å². The van der Waals surface area contributed by atoms with Gasteiger partial charge in [0, 0.05) is 31.9 Å². The van der Waals surface area contributed by atoms with Crippen LogP contribution in [-0.4, -0.2) is 42.0 Å². The Labute approximate surface area is 135 Å². The molecule has 0 saturated carbocycles. The van der Waals surface area contributed by atoms with Crippen molar-refractivity contribution in [2.75, 3.05) is 21.1 Å². The van der Waals surface area contributed by atoms with Crippen LogP contribution in [0.15, 0.2) is 35.5 Å². The molecule has 4 nitrogen and oxygen atoms in total. The molecule has 1 unspecified atom stereocenters. The Hall–Kier alpha value is -1.59. The third-order valence-corrected chi connectivity index (χ3v) is 4.24. The van der Waals surface area contributed by atoms with E-state index < -0.39 is 0 Å². The average Bonchev–Trinajstić information content (AvgIpc) is 2.44. The summed E-state index contributed by atoms with van der Waals surface area (Å²) in [5.41, 5.74) is 2.51. The number of rotatable bonds is 2. The number of carbonyl (C=O) groups is 1. The molecule has 21 heavy (non-hydrogen) atoms. The van der Waals surface area contributed by atoms with Crippen molar-refractivity contribution in [1.29, 1.82) is 0 Å². The van der Waals surface area contributed by atoms with Gasteiger partial charge in [-0.05, 0) is 36.8 Å². The van der Waals surface area contributed by atoms with Crippen molar-refractivity contribution in [2.24, 2.45) is 0 Å². The highest BCUT2D eigenvalue weighted by Crippen LogP contribution is 2.31. The van der Waals surface area contributed by atoms with Crippen LogP contribution in [0.3, 0.4) is 0 Å². The second kappa shape index (κ2) is 6.03. The molecule has 1 amide bonds. The van der Waals surface area contributed by atoms with Gasteiger partial charge in [0.25, 0.3) is 5.91 Å². The fraction of sp³-hybridized carbons (Fsp3) is 0.333. The monoisotopic (exact) mass is 323 g/mol. The summed E-state index contributed by atoms with van der Waals surface area (Å²) in [4.78, 5) is 15.9. The minimum absolute atomic E-state index is 0.0331. The lowest BCUT2D eigenvalue weighted by Crippen LogP contribution is -2.47. The van der Waals surface area contributed by atoms with Crippen LogP contribution in [0.5, 0.6) is 0 Å². The number of allylic oxidation sites excluding steroid dienone is 1. The van der Waals surface area contributed by atoms with E-state index in [0.29, 0.717) is 15.7 Å². The fourth-order valence-electron chi connectivity index (χ4n) is 2.26. The van der Waals surface area contributed by atoms with E-state index in [-0.39, 0.29) is 11.9 Å². The number of hydrogen-bond acceptors (Lipinski definition) is 2. The van der Waals surface area contributed by atoms with Crippen molar-refractivity contribution in [3.8, 4) is 0 Å². The average molecular weight is 324 g/mol. The van der Waals surface area contributed by atoms with E-state index in [1.807, 2.05) is 43.1 Å². The maximum absolute atomic E-state index is 12.5. The van der Waals surface area contributed by atoms with Crippen LogP contribution in [0.25, 0.3) is 0 Å². The summed E-state index contributed by atoms with van der Waals surface area (Å²) in [6.45, 7) is 1.91. The molecular formula is C15H18ClN3OS. The molecule has 0 spiro atoms. The Bertz CT molecular complexity index is 610. The van der Waals surface area contributed by atoms with Crippen LogP contribution >= 0.6 is 23.8 Å². The van der Waals surface area contributed by atoms with Gasteiger partial charge >= 0.3 is 0 Å². The molecule has 0 saturated heterocycles. The van der Waals surface area contributed by atoms with E-state index >= 15 is 0 Å². The largest absolute Gasteiger partial charge is 0.351 e. The molecule has 0 bridgehead atoms. The Morgan fingerprint density at radius 3 is 2.43 bits per heavy atom. The zero-order valence-electron chi connectivity index (χ0n) is 12.5. The van der Waals surface area contributed by atoms with Gasteiger partial charge in [-0.2, -0.15) is 0 Å². The first-order valence-corrected chi connectivity index (χ1v) is 7.33. The normalized spacial score (nSPS) is 18.6. The van der Waals surface area contributed by atoms with Crippen molar-refractivity contribution in [3.05, 3.63) is 46.1 Å². The van der Waals surface area contributed by atoms with E-state index in [1.54, 1.807) is 19.0 Å². The summed E-state index contributed by atoms with van der Waals surface area (Å²) in [6, 6.07) is 7.18. The van der Waals surface area contributed by atoms with E-state index in [4.69, 9.17) is 23.8 Å². The highest BCUT2D eigenvalue weighted by molar-refractivity contribution is 7.80. The molecule has 1 aromatic rings. The summed E-state index contributed by atoms with van der Waals surface area (Å²) in [5.74, 6) is -0.0331. The molecule has 112 valence electrons. The number of halogens is 1. The van der Waals surface area contributed by atoms with Crippen LogP contribution in [0.1, 0.15) is 18.5 Å². The Morgan fingerprint density at radius 2 is 1.90 bits per heavy atom. The number of thiocarbonyl (C=S) groups is 1. The Balaban J connectivity index is 2.53. The number of hydrogen-bond donors (Lipinski definition) is 1. The van der Waals surface area contributed by atoms with Gasteiger partial charge in [0.15, 0.2) is 5.11 Å². The standard InChI is InChI=1S/C15H18ClN3OS/c1-9-12(14(20)18(2)3)13(17-15(21)19(9)4)10-5-7-11(16)8-6-10/h5-8,13H,1-4H3,(H,17,21). The second-order valence-corrected chi connectivity index (χ2v) is 6.01. The quantitative estimate of drug-likeness (QED) is 0.849. The van der Waals surface area contributed by atoms with Gasteiger partial charge in [-0.15, -0.1) is 0 Å². The molecule has 1 N–H and O–H groups in total. The third kappa shape index (κ3) is 3.04. The lowest BCUT2D eigenvalue weighted by molar-refractivity contribution is -0.125. The van der Waals surface area contributed by atoms with Gasteiger partial charge in [-0.25, -0.2) is 0 Å². The first-order valence-electron chi connectivity index (χ1n) is 6.55. The molecule has 1 aliphatic heterocycles. The molecular weight excluding hydrogens is 306 g/mol. The summed E-state index contributed by atoms with van der Waals surface area (Å²) in [6.07, 6.45) is 0. The smallest absolute Gasteiger partial charge is 0.253 e. The molecule has 2 rings (SSSR count). The van der Waals surface area contributed by atoms with Crippen LogP contribution in [-0.2, 0) is 4.79 Å². The predicted octanol–water partition coefficient (Wildman–Crippen LogP) is 2.56. The van der Waals surface area contributed by atoms with E-state index in [9.17, 15) is 4.79 Å². The maximum atomic E-state index is 12.5. The third-order valence-electron chi connectivity index (χ3n) is 3.59. The van der Waals surface area contributed by atoms with Crippen LogP contribution in [0.2, 0.25) is 5.02 Å². The zero-order chi connectivity index (χ0) is 15.7. The first-order chi connectivity index (χ1) is 9.82. The lowest BCUT2D eigenvalue weighted by Gasteiger charge is -2.36. The molecule has 6 heteroatoms. The van der Waals surface area contributed by atoms with Crippen molar-refractivity contribution < 1.29 is 4.79 Å². The van der Waals surface area contributed by atoms with Crippen LogP contribution < -0.4 is 5.32 Å². The van der Waals surface area contributed by atoms with Crippen LogP contribution in [0.4, 0.5) is 0 Å². The molecule has 0 radical (unpaired) electrons. The summed E-state index contributed by atoms with van der Waals surface area (Å²) < 4.78 is 0. The number of nitrogens with zero attached hydrogens (tertiary/aromatic N) is 2. The van der Waals surface area contributed by atoms with E-state index in [1.165, 1.54) is 0 Å². The number of likely N-dealkylation sites (N-methyl/N-ethyl adjacent to an activating group) is 1. The SMILES string of the molecule is CC1=C(C(=O)N(C)C)C(c2ccc(Cl)cc2)NC(=S)N1C. The molecule has 0 aliphatic carbocycles. The fourth-order valence-corrected chi connectivity index (χ4v) is 2.64. The predicted molar refractivity (Wildman–Crippen MR) is 89.1 cm³/mol. The minimum atomic E-state index is -0.263. The number of benzene rings is 1. The van der Waals surface area contributed by atoms with E-state index in [0.717, 1.165) is 11.3 Å². The number of nitrogens with one attached hydrogen (secondary N) is 1. The second-order valence-electron chi connectivity index (χ2n) is 5.19. The van der Waals surface area contributed by atoms with Gasteiger partial charge in [0.05, 0.1) is 11.6 Å². The molecule has 1 aliphatic rings. The molecule has 1 heterocycles. The van der Waals surface area contributed by atoms with Gasteiger partial charge in [-0.3, -0.25) is 4.79 Å². The van der Waals surface area contributed by atoms with Crippen molar-refractivity contribution in [3.63, 3.8) is 0 Å². The molecule has 0 fully saturated rings. The highest BCUT2D eigenvalue weighted by atomic mass is 35.5. The first kappa shape index (κ1) is 15.8. The number of carbonyl (C=O) groups excluding carboxylic acids is 1. The Morgan fingerprint density at radius 1 is 1.33 bits per heavy atom. The molecule has 1 aromatic carbocycles. The summed E-state index contributed by atoms with van der Waals surface area (Å²) in [5, 5.41) is 4.49.